The van der Waals surface area contributed by atoms with Crippen molar-refractivity contribution in [3.05, 3.63) is 5.56 Å². The van der Waals surface area contributed by atoms with E-state index in [1.807, 2.05) is 0 Å². The minimum atomic E-state index is 0.0684. The number of rotatable bonds is 11. The highest BCUT2D eigenvalue weighted by molar-refractivity contribution is 6.01. The van der Waals surface area contributed by atoms with Gasteiger partial charge in [0.15, 0.2) is 0 Å². The van der Waals surface area contributed by atoms with Crippen LogP contribution in [0.5, 0.6) is 6.01 Å². The summed E-state index contributed by atoms with van der Waals surface area (Å²) >= 11 is 0. The van der Waals surface area contributed by atoms with E-state index < -0.39 is 0 Å². The lowest BCUT2D eigenvalue weighted by Crippen LogP contribution is -2.37. The van der Waals surface area contributed by atoms with Crippen LogP contribution in [0.3, 0.4) is 0 Å². The van der Waals surface area contributed by atoms with Crippen LogP contribution in [0.1, 0.15) is 71.3 Å². The molecule has 1 fully saturated rings. The van der Waals surface area contributed by atoms with E-state index in [1.54, 1.807) is 4.90 Å². The number of nitrogens with two attached hydrogens (primary N) is 1. The Kier molecular flexibility index (Phi) is 8.31. The zero-order chi connectivity index (χ0) is 21.5. The lowest BCUT2D eigenvalue weighted by Gasteiger charge is -2.33. The van der Waals surface area contributed by atoms with Crippen LogP contribution in [0.25, 0.3) is 0 Å². The molecule has 1 aromatic heterocycles. The van der Waals surface area contributed by atoms with E-state index in [1.165, 1.54) is 38.9 Å². The number of hydrogen-bond donors (Lipinski definition) is 1. The number of carbonyl (C=O) groups is 1. The Morgan fingerprint density at radius 1 is 1.23 bits per heavy atom. The summed E-state index contributed by atoms with van der Waals surface area (Å²) in [4.78, 5) is 25.8. The zero-order valence-corrected chi connectivity index (χ0v) is 19.0. The number of amides is 1. The Morgan fingerprint density at radius 2 is 2.07 bits per heavy atom. The average Bonchev–Trinajstić information content (AvgIpc) is 3.03. The highest BCUT2D eigenvalue weighted by atomic mass is 16.5. The first-order chi connectivity index (χ1) is 14.5. The zero-order valence-electron chi connectivity index (χ0n) is 19.0. The fourth-order valence-corrected chi connectivity index (χ4v) is 4.40. The molecule has 168 valence electrons. The number of likely N-dealkylation sites (tertiary alicyclic amines) is 1. The van der Waals surface area contributed by atoms with E-state index in [0.29, 0.717) is 31.2 Å². The lowest BCUT2D eigenvalue weighted by molar-refractivity contribution is -0.117. The van der Waals surface area contributed by atoms with Crippen LogP contribution in [-0.2, 0) is 11.2 Å². The molecule has 1 amide bonds. The van der Waals surface area contributed by atoms with E-state index in [9.17, 15) is 4.79 Å². The Labute approximate surface area is 181 Å². The molecule has 1 atom stereocenters. The molecule has 0 aromatic carbocycles. The molecule has 0 radical (unpaired) electrons. The number of nitrogen functional groups attached to an aromatic ring is 1. The van der Waals surface area contributed by atoms with Crippen molar-refractivity contribution >= 4 is 17.5 Å². The van der Waals surface area contributed by atoms with Crippen molar-refractivity contribution in [2.75, 3.05) is 43.4 Å². The lowest BCUT2D eigenvalue weighted by atomic mass is 9.93. The summed E-state index contributed by atoms with van der Waals surface area (Å²) in [5, 5.41) is 0. The van der Waals surface area contributed by atoms with Gasteiger partial charge in [-0.2, -0.15) is 9.97 Å². The highest BCUT2D eigenvalue weighted by Crippen LogP contribution is 2.32. The first kappa shape index (κ1) is 22.8. The molecule has 0 spiro atoms. The normalized spacial score (nSPS) is 19.5. The number of ether oxygens (including phenoxy) is 1. The van der Waals surface area contributed by atoms with E-state index in [4.69, 9.17) is 10.5 Å². The molecular formula is C23H39N5O2. The van der Waals surface area contributed by atoms with Crippen LogP contribution in [0.2, 0.25) is 0 Å². The van der Waals surface area contributed by atoms with Gasteiger partial charge >= 0.3 is 6.01 Å². The van der Waals surface area contributed by atoms with Crippen LogP contribution in [-0.4, -0.2) is 53.6 Å². The standard InChI is InChI=1S/C23H39N5O2/c1-4-5-14-30-23-25-21(24)19-15-20(29)28(22(19)26-23)12-7-9-18-8-6-11-27(16-18)13-10-17(2)3/h17-18H,4-16H2,1-3H3,(H2,24,25,26). The molecule has 2 aliphatic heterocycles. The summed E-state index contributed by atoms with van der Waals surface area (Å²) in [6.07, 6.45) is 8.28. The quantitative estimate of drug-likeness (QED) is 0.553. The molecule has 0 bridgehead atoms. The number of carbonyl (C=O) groups excluding carboxylic acids is 1. The Morgan fingerprint density at radius 3 is 2.83 bits per heavy atom. The smallest absolute Gasteiger partial charge is 0.320 e. The topological polar surface area (TPSA) is 84.6 Å². The third kappa shape index (κ3) is 6.06. The largest absolute Gasteiger partial charge is 0.463 e. The molecule has 3 heterocycles. The van der Waals surface area contributed by atoms with E-state index >= 15 is 0 Å². The SMILES string of the molecule is CCCCOc1nc(N)c2c(n1)N(CCCC1CCCN(CCC(C)C)C1)C(=O)C2. The minimum Gasteiger partial charge on any atom is -0.463 e. The molecule has 1 aromatic rings. The van der Waals surface area contributed by atoms with Gasteiger partial charge in [0.2, 0.25) is 5.91 Å². The average molecular weight is 418 g/mol. The maximum atomic E-state index is 12.6. The molecule has 7 heteroatoms. The molecular weight excluding hydrogens is 378 g/mol. The summed E-state index contributed by atoms with van der Waals surface area (Å²) in [5.41, 5.74) is 6.85. The summed E-state index contributed by atoms with van der Waals surface area (Å²) in [7, 11) is 0. The van der Waals surface area contributed by atoms with E-state index in [-0.39, 0.29) is 11.9 Å². The van der Waals surface area contributed by atoms with Gasteiger partial charge < -0.3 is 15.4 Å². The van der Waals surface area contributed by atoms with Gasteiger partial charge in [-0.25, -0.2) is 0 Å². The second-order valence-electron chi connectivity index (χ2n) is 9.25. The molecule has 1 unspecified atom stereocenters. The number of piperidine rings is 1. The van der Waals surface area contributed by atoms with Crippen LogP contribution >= 0.6 is 0 Å². The summed E-state index contributed by atoms with van der Waals surface area (Å²) in [5.74, 6) is 2.58. The fraction of sp³-hybridized carbons (Fsp3) is 0.783. The Balaban J connectivity index is 1.53. The van der Waals surface area contributed by atoms with Gasteiger partial charge in [-0.3, -0.25) is 9.69 Å². The van der Waals surface area contributed by atoms with Gasteiger partial charge in [0.05, 0.1) is 13.0 Å². The van der Waals surface area contributed by atoms with Gasteiger partial charge in [-0.15, -0.1) is 0 Å². The van der Waals surface area contributed by atoms with Crippen molar-refractivity contribution < 1.29 is 9.53 Å². The molecule has 2 aliphatic rings. The summed E-state index contributed by atoms with van der Waals surface area (Å²) in [6.45, 7) is 11.6. The predicted molar refractivity (Wildman–Crippen MR) is 121 cm³/mol. The van der Waals surface area contributed by atoms with Crippen molar-refractivity contribution in [2.45, 2.75) is 72.1 Å². The van der Waals surface area contributed by atoms with Crippen LogP contribution in [0.4, 0.5) is 11.6 Å². The first-order valence-corrected chi connectivity index (χ1v) is 11.8. The van der Waals surface area contributed by atoms with Crippen LogP contribution in [0.15, 0.2) is 0 Å². The molecule has 0 aliphatic carbocycles. The summed E-state index contributed by atoms with van der Waals surface area (Å²) in [6, 6.07) is 0.285. The van der Waals surface area contributed by atoms with E-state index in [2.05, 4.69) is 35.6 Å². The third-order valence-corrected chi connectivity index (χ3v) is 6.23. The second kappa shape index (κ2) is 10.9. The van der Waals surface area contributed by atoms with Crippen molar-refractivity contribution in [1.29, 1.82) is 0 Å². The van der Waals surface area contributed by atoms with Crippen molar-refractivity contribution in [3.63, 3.8) is 0 Å². The van der Waals surface area contributed by atoms with Gasteiger partial charge in [0.1, 0.15) is 11.6 Å². The van der Waals surface area contributed by atoms with Gasteiger partial charge in [0.25, 0.3) is 0 Å². The van der Waals surface area contributed by atoms with Crippen molar-refractivity contribution in [3.8, 4) is 6.01 Å². The number of hydrogen-bond acceptors (Lipinski definition) is 6. The van der Waals surface area contributed by atoms with Crippen LogP contribution < -0.4 is 15.4 Å². The predicted octanol–water partition coefficient (Wildman–Crippen LogP) is 3.67. The summed E-state index contributed by atoms with van der Waals surface area (Å²) < 4.78 is 5.64. The van der Waals surface area contributed by atoms with Gasteiger partial charge in [0, 0.05) is 18.7 Å². The molecule has 2 N–H and O–H groups in total. The monoisotopic (exact) mass is 417 g/mol. The number of fused-ring (bicyclic) bond motifs is 1. The fourth-order valence-electron chi connectivity index (χ4n) is 4.40. The molecule has 7 nitrogen and oxygen atoms in total. The maximum absolute atomic E-state index is 12.6. The Hall–Kier alpha value is -1.89. The minimum absolute atomic E-state index is 0.0684. The van der Waals surface area contributed by atoms with Gasteiger partial charge in [-0.1, -0.05) is 27.2 Å². The Bertz CT molecular complexity index is 709. The first-order valence-electron chi connectivity index (χ1n) is 11.8. The number of aromatic nitrogens is 2. The number of anilines is 2. The van der Waals surface area contributed by atoms with Crippen LogP contribution in [0, 0.1) is 11.8 Å². The molecule has 30 heavy (non-hydrogen) atoms. The molecule has 1 saturated heterocycles. The maximum Gasteiger partial charge on any atom is 0.320 e. The number of nitrogens with zero attached hydrogens (tertiary/aromatic N) is 4. The molecule has 3 rings (SSSR count). The second-order valence-corrected chi connectivity index (χ2v) is 9.25. The number of unbranched alkanes of at least 4 members (excludes halogenated alkanes) is 1. The van der Waals surface area contributed by atoms with Crippen molar-refractivity contribution in [1.82, 2.24) is 14.9 Å². The van der Waals surface area contributed by atoms with Gasteiger partial charge in [-0.05, 0) is 63.5 Å². The molecule has 0 saturated carbocycles. The van der Waals surface area contributed by atoms with E-state index in [0.717, 1.165) is 43.1 Å². The highest BCUT2D eigenvalue weighted by Gasteiger charge is 2.32. The van der Waals surface area contributed by atoms with Crippen molar-refractivity contribution in [2.24, 2.45) is 11.8 Å². The third-order valence-electron chi connectivity index (χ3n) is 6.23.